The van der Waals surface area contributed by atoms with Gasteiger partial charge >= 0.3 is 4.87 Å². The van der Waals surface area contributed by atoms with Crippen molar-refractivity contribution in [3.8, 4) is 0 Å². The van der Waals surface area contributed by atoms with Crippen LogP contribution in [-0.4, -0.2) is 40.9 Å². The van der Waals surface area contributed by atoms with Gasteiger partial charge in [0.2, 0.25) is 27.7 Å². The van der Waals surface area contributed by atoms with Crippen LogP contribution in [0.3, 0.4) is 0 Å². The summed E-state index contributed by atoms with van der Waals surface area (Å²) in [6.45, 7) is 1.56. The highest BCUT2D eigenvalue weighted by Crippen LogP contribution is 2.53. The maximum absolute atomic E-state index is 13.9. The Hall–Kier alpha value is -4.11. The molecular weight excluding hydrogens is 599 g/mol. The zero-order chi connectivity index (χ0) is 29.8. The summed E-state index contributed by atoms with van der Waals surface area (Å²) in [7, 11) is -3.89. The van der Waals surface area contributed by atoms with Crippen LogP contribution in [0.25, 0.3) is 0 Å². The van der Waals surface area contributed by atoms with Gasteiger partial charge in [-0.3, -0.25) is 28.7 Å². The Morgan fingerprint density at radius 3 is 2.38 bits per heavy atom. The molecule has 11 nitrogen and oxygen atoms in total. The molecule has 2 aliphatic heterocycles. The lowest BCUT2D eigenvalue weighted by Gasteiger charge is -2.30. The van der Waals surface area contributed by atoms with E-state index in [-0.39, 0.29) is 23.3 Å². The van der Waals surface area contributed by atoms with E-state index in [1.54, 1.807) is 30.6 Å². The van der Waals surface area contributed by atoms with Crippen molar-refractivity contribution in [1.29, 1.82) is 0 Å². The van der Waals surface area contributed by atoms with Crippen LogP contribution in [0.4, 0.5) is 11.4 Å². The number of imide groups is 1. The minimum Gasteiger partial charge on any atom is -0.325 e. The lowest BCUT2D eigenvalue weighted by molar-refractivity contribution is -0.122. The van der Waals surface area contributed by atoms with Gasteiger partial charge in [-0.05, 0) is 55.0 Å². The molecule has 0 bridgehead atoms. The molecule has 0 aliphatic carbocycles. The third-order valence-electron chi connectivity index (χ3n) is 7.15. The van der Waals surface area contributed by atoms with Gasteiger partial charge < -0.3 is 5.32 Å². The highest BCUT2D eigenvalue weighted by atomic mass is 32.2. The van der Waals surface area contributed by atoms with E-state index in [0.717, 1.165) is 28.7 Å². The maximum Gasteiger partial charge on any atom is 0.308 e. The van der Waals surface area contributed by atoms with Gasteiger partial charge in [-0.15, -0.1) is 0 Å². The number of nitrogens with two attached hydrogens (primary N) is 1. The van der Waals surface area contributed by atoms with Crippen molar-refractivity contribution in [1.82, 2.24) is 9.55 Å². The molecule has 14 heteroatoms. The molecular formula is C28H23N5O6S3. The van der Waals surface area contributed by atoms with Gasteiger partial charge in [0, 0.05) is 28.9 Å². The SMILES string of the molecule is Cc1ccc(N2C(=O)C3Sc4c(sc(=O)n4CC(=O)Nc4ccc(S(N)(=O)=O)cc4)[C@@H](c4cccnc4)C3C2=O)cc1. The molecule has 1 fully saturated rings. The predicted molar refractivity (Wildman–Crippen MR) is 158 cm³/mol. The first-order valence-electron chi connectivity index (χ1n) is 12.7. The van der Waals surface area contributed by atoms with Gasteiger partial charge in [0.25, 0.3) is 0 Å². The van der Waals surface area contributed by atoms with Crippen LogP contribution in [0.2, 0.25) is 0 Å². The van der Waals surface area contributed by atoms with E-state index in [0.29, 0.717) is 26.8 Å². The number of nitrogens with one attached hydrogen (secondary N) is 1. The van der Waals surface area contributed by atoms with Gasteiger partial charge in [-0.2, -0.15) is 0 Å². The zero-order valence-corrected chi connectivity index (χ0v) is 24.4. The van der Waals surface area contributed by atoms with E-state index in [1.807, 2.05) is 25.1 Å². The number of aromatic nitrogens is 2. The summed E-state index contributed by atoms with van der Waals surface area (Å²) >= 11 is 2.06. The molecule has 2 aromatic carbocycles. The number of rotatable bonds is 6. The molecule has 2 unspecified atom stereocenters. The molecule has 3 atom stereocenters. The number of fused-ring (bicyclic) bond motifs is 2. The number of benzene rings is 2. The fourth-order valence-electron chi connectivity index (χ4n) is 5.19. The van der Waals surface area contributed by atoms with Gasteiger partial charge in [0.15, 0.2) is 0 Å². The summed E-state index contributed by atoms with van der Waals surface area (Å²) in [4.78, 5) is 59.4. The first-order valence-corrected chi connectivity index (χ1v) is 15.9. The Kier molecular flexibility index (Phi) is 7.09. The molecule has 4 heterocycles. The number of aryl methyl sites for hydroxylation is 1. The van der Waals surface area contributed by atoms with E-state index >= 15 is 0 Å². The number of primary sulfonamides is 1. The third kappa shape index (κ3) is 4.96. The van der Waals surface area contributed by atoms with Crippen molar-refractivity contribution in [2.24, 2.45) is 11.1 Å². The lowest BCUT2D eigenvalue weighted by atomic mass is 9.84. The summed E-state index contributed by atoms with van der Waals surface area (Å²) in [6, 6.07) is 16.0. The number of pyridine rings is 1. The van der Waals surface area contributed by atoms with E-state index in [2.05, 4.69) is 10.3 Å². The second kappa shape index (κ2) is 10.6. The normalized spacial score (nSPS) is 19.9. The fourth-order valence-corrected chi connectivity index (χ4v) is 8.48. The number of thioether (sulfide) groups is 1. The van der Waals surface area contributed by atoms with Crippen LogP contribution >= 0.6 is 23.1 Å². The average molecular weight is 622 g/mol. The Balaban J connectivity index is 1.35. The highest BCUT2D eigenvalue weighted by molar-refractivity contribution is 8.00. The van der Waals surface area contributed by atoms with Crippen molar-refractivity contribution in [2.75, 3.05) is 10.2 Å². The first-order chi connectivity index (χ1) is 20.0. The molecule has 1 saturated heterocycles. The van der Waals surface area contributed by atoms with Crippen LogP contribution in [0.1, 0.15) is 21.9 Å². The van der Waals surface area contributed by atoms with Crippen LogP contribution in [0.15, 0.2) is 87.8 Å². The quantitative estimate of drug-likeness (QED) is 0.311. The molecule has 0 spiro atoms. The standard InChI is InChI=1S/C28H23N5O6S3/c1-15-4-8-18(9-5-15)33-25(35)22-21(16-3-2-12-30-13-16)24-27(40-23(22)26(33)36)32(28(37)41-24)14-20(34)31-17-6-10-19(11-7-17)42(29,38)39/h2-13,21-23H,14H2,1H3,(H,31,34)(H2,29,38,39)/t21-,22?,23?/m0/s1. The smallest absolute Gasteiger partial charge is 0.308 e. The van der Waals surface area contributed by atoms with Crippen LogP contribution in [0, 0.1) is 12.8 Å². The maximum atomic E-state index is 13.9. The summed E-state index contributed by atoms with van der Waals surface area (Å²) < 4.78 is 24.3. The van der Waals surface area contributed by atoms with Gasteiger partial charge in [0.1, 0.15) is 11.8 Å². The average Bonchev–Trinajstić information content (AvgIpc) is 3.40. The molecule has 6 rings (SSSR count). The Morgan fingerprint density at radius 2 is 1.74 bits per heavy atom. The van der Waals surface area contributed by atoms with E-state index in [4.69, 9.17) is 5.14 Å². The molecule has 42 heavy (non-hydrogen) atoms. The van der Waals surface area contributed by atoms with E-state index < -0.39 is 37.9 Å². The third-order valence-corrected chi connectivity index (χ3v) is 10.7. The fraction of sp³-hybridized carbons (Fsp3) is 0.179. The molecule has 3 N–H and O–H groups in total. The number of hydrogen-bond donors (Lipinski definition) is 2. The van der Waals surface area contributed by atoms with Crippen LogP contribution in [-0.2, 0) is 31.0 Å². The molecule has 2 aliphatic rings. The first kappa shape index (κ1) is 28.0. The zero-order valence-electron chi connectivity index (χ0n) is 22.0. The highest BCUT2D eigenvalue weighted by Gasteiger charge is 2.56. The number of anilines is 2. The molecule has 214 valence electrons. The van der Waals surface area contributed by atoms with Crippen LogP contribution in [0.5, 0.6) is 0 Å². The topological polar surface area (TPSA) is 162 Å². The van der Waals surface area contributed by atoms with Crippen molar-refractivity contribution in [3.63, 3.8) is 0 Å². The number of carbonyl (C=O) groups excluding carboxylic acids is 3. The summed E-state index contributed by atoms with van der Waals surface area (Å²) in [5.74, 6) is -2.65. The number of thiazole rings is 1. The number of hydrogen-bond acceptors (Lipinski definition) is 9. The molecule has 2 aromatic heterocycles. The van der Waals surface area contributed by atoms with Crippen molar-refractivity contribution in [2.45, 2.75) is 34.6 Å². The summed E-state index contributed by atoms with van der Waals surface area (Å²) in [5, 5.41) is 7.42. The van der Waals surface area contributed by atoms with Gasteiger partial charge in [0.05, 0.1) is 21.5 Å². The summed E-state index contributed by atoms with van der Waals surface area (Å²) in [5.41, 5.74) is 2.47. The van der Waals surface area contributed by atoms with Crippen molar-refractivity contribution < 1.29 is 22.8 Å². The minimum atomic E-state index is -3.89. The molecule has 4 aromatic rings. The second-order valence-electron chi connectivity index (χ2n) is 9.92. The van der Waals surface area contributed by atoms with E-state index in [9.17, 15) is 27.6 Å². The Bertz CT molecular complexity index is 1890. The van der Waals surface area contributed by atoms with E-state index in [1.165, 1.54) is 33.7 Å². The van der Waals surface area contributed by atoms with Gasteiger partial charge in [-0.1, -0.05) is 46.9 Å². The number of sulfonamides is 1. The number of carbonyl (C=O) groups is 3. The van der Waals surface area contributed by atoms with Crippen molar-refractivity contribution in [3.05, 3.63) is 98.7 Å². The van der Waals surface area contributed by atoms with Crippen LogP contribution < -0.4 is 20.2 Å². The monoisotopic (exact) mass is 621 g/mol. The minimum absolute atomic E-state index is 0.105. The van der Waals surface area contributed by atoms with Gasteiger partial charge in [-0.25, -0.2) is 18.5 Å². The number of nitrogens with zero attached hydrogens (tertiary/aromatic N) is 3. The summed E-state index contributed by atoms with van der Waals surface area (Å²) in [6.07, 6.45) is 3.23. The molecule has 3 amide bonds. The molecule has 0 radical (unpaired) electrons. The lowest BCUT2D eigenvalue weighted by Crippen LogP contribution is -2.33. The Morgan fingerprint density at radius 1 is 1.02 bits per heavy atom. The second-order valence-corrected chi connectivity index (χ2v) is 13.6. The number of amides is 3. The van der Waals surface area contributed by atoms with Crippen molar-refractivity contribution >= 4 is 62.2 Å². The predicted octanol–water partition coefficient (Wildman–Crippen LogP) is 2.70. The Labute approximate surface area is 248 Å². The largest absolute Gasteiger partial charge is 0.325 e. The molecule has 0 saturated carbocycles.